The van der Waals surface area contributed by atoms with Crippen molar-refractivity contribution >= 4 is 5.97 Å². The average Bonchev–Trinajstić information content (AvgIpc) is 2.55. The minimum Gasteiger partial charge on any atom is -0.465 e. The maximum Gasteiger partial charge on any atom is 0.323 e. The fourth-order valence-corrected chi connectivity index (χ4v) is 4.19. The molecule has 3 heteroatoms. The highest BCUT2D eigenvalue weighted by Crippen LogP contribution is 2.44. The third kappa shape index (κ3) is 2.71. The van der Waals surface area contributed by atoms with Crippen molar-refractivity contribution in [1.29, 1.82) is 0 Å². The summed E-state index contributed by atoms with van der Waals surface area (Å²) in [5, 5.41) is 0. The molecule has 0 amide bonds. The minimum absolute atomic E-state index is 0.0188. The Bertz CT molecular complexity index is 479. The average molecular weight is 287 g/mol. The summed E-state index contributed by atoms with van der Waals surface area (Å²) in [5.41, 5.74) is 1.29. The van der Waals surface area contributed by atoms with Crippen LogP contribution >= 0.6 is 0 Å². The van der Waals surface area contributed by atoms with Gasteiger partial charge in [-0.3, -0.25) is 9.69 Å². The number of benzene rings is 1. The van der Waals surface area contributed by atoms with Crippen LogP contribution < -0.4 is 0 Å². The Hall–Kier alpha value is -1.35. The lowest BCUT2D eigenvalue weighted by atomic mass is 9.73. The van der Waals surface area contributed by atoms with Gasteiger partial charge in [-0.2, -0.15) is 0 Å². The summed E-state index contributed by atoms with van der Waals surface area (Å²) in [4.78, 5) is 14.9. The lowest BCUT2D eigenvalue weighted by molar-refractivity contribution is -0.161. The summed E-state index contributed by atoms with van der Waals surface area (Å²) < 4.78 is 5.37. The van der Waals surface area contributed by atoms with Crippen LogP contribution in [0, 0.1) is 5.92 Å². The largest absolute Gasteiger partial charge is 0.465 e. The first-order chi connectivity index (χ1) is 10.2. The van der Waals surface area contributed by atoms with Gasteiger partial charge in [-0.25, -0.2) is 0 Å². The number of ether oxygens (including phenoxy) is 1. The van der Waals surface area contributed by atoms with Gasteiger partial charge in [0, 0.05) is 12.1 Å². The summed E-state index contributed by atoms with van der Waals surface area (Å²) in [5.74, 6) is 0.454. The molecule has 4 rings (SSSR count). The maximum absolute atomic E-state index is 12.5. The first-order valence-electron chi connectivity index (χ1n) is 8.21. The zero-order valence-corrected chi connectivity index (χ0v) is 13.0. The standard InChI is InChI=1S/C18H25NO2/c1-3-21-18(20)17-15-9-11-16(12-10-15)19(17)13(2)14-7-5-4-6-8-14/h4-8,13,15-17H,3,9-12H2,1-2H3/t13-,15-,16+,17+/m1/s1. The molecule has 2 aliphatic heterocycles. The number of carbonyl (C=O) groups excluding carboxylic acids is 1. The molecule has 0 unspecified atom stereocenters. The van der Waals surface area contributed by atoms with E-state index in [-0.39, 0.29) is 18.1 Å². The Kier molecular flexibility index (Phi) is 4.29. The van der Waals surface area contributed by atoms with Gasteiger partial charge < -0.3 is 4.74 Å². The number of hydrogen-bond acceptors (Lipinski definition) is 3. The van der Waals surface area contributed by atoms with Crippen molar-refractivity contribution in [2.75, 3.05) is 6.61 Å². The van der Waals surface area contributed by atoms with E-state index in [2.05, 4.69) is 36.1 Å². The van der Waals surface area contributed by atoms with E-state index in [0.717, 1.165) is 0 Å². The molecule has 114 valence electrons. The summed E-state index contributed by atoms with van der Waals surface area (Å²) in [6, 6.07) is 11.3. The van der Waals surface area contributed by atoms with Crippen molar-refractivity contribution in [3.63, 3.8) is 0 Å². The van der Waals surface area contributed by atoms with Gasteiger partial charge in [0.1, 0.15) is 6.04 Å². The molecule has 0 radical (unpaired) electrons. The molecule has 1 saturated carbocycles. The minimum atomic E-state index is -0.0485. The highest BCUT2D eigenvalue weighted by Gasteiger charge is 2.47. The Morgan fingerprint density at radius 1 is 1.24 bits per heavy atom. The second kappa shape index (κ2) is 6.18. The van der Waals surface area contributed by atoms with Crippen LogP contribution in [0.1, 0.15) is 51.1 Å². The van der Waals surface area contributed by atoms with Crippen LogP contribution in [0.2, 0.25) is 0 Å². The van der Waals surface area contributed by atoms with E-state index in [1.807, 2.05) is 13.0 Å². The molecule has 3 fully saturated rings. The van der Waals surface area contributed by atoms with E-state index < -0.39 is 0 Å². The van der Waals surface area contributed by atoms with Gasteiger partial charge >= 0.3 is 5.97 Å². The van der Waals surface area contributed by atoms with E-state index in [0.29, 0.717) is 18.6 Å². The smallest absolute Gasteiger partial charge is 0.323 e. The Labute approximate surface area is 127 Å². The van der Waals surface area contributed by atoms with Crippen LogP contribution in [0.25, 0.3) is 0 Å². The molecule has 0 spiro atoms. The molecule has 0 N–H and O–H groups in total. The molecule has 1 aliphatic carbocycles. The van der Waals surface area contributed by atoms with Gasteiger partial charge in [-0.05, 0) is 51.0 Å². The summed E-state index contributed by atoms with van der Waals surface area (Å²) in [6.45, 7) is 4.59. The molecule has 2 heterocycles. The molecule has 2 bridgehead atoms. The zero-order valence-electron chi connectivity index (χ0n) is 13.0. The number of nitrogens with zero attached hydrogens (tertiary/aromatic N) is 1. The molecule has 3 aliphatic rings. The number of rotatable bonds is 4. The molecule has 2 atom stereocenters. The van der Waals surface area contributed by atoms with E-state index in [9.17, 15) is 4.79 Å². The van der Waals surface area contributed by atoms with E-state index in [1.165, 1.54) is 31.2 Å². The SMILES string of the molecule is CCOC(=O)[C@@H]1[C@H]2CC[C@H](CC2)N1[C@H](C)c1ccccc1. The first kappa shape index (κ1) is 14.6. The highest BCUT2D eigenvalue weighted by molar-refractivity contribution is 5.76. The molecular formula is C18H25NO2. The molecule has 3 nitrogen and oxygen atoms in total. The van der Waals surface area contributed by atoms with Crippen molar-refractivity contribution < 1.29 is 9.53 Å². The third-order valence-corrected chi connectivity index (χ3v) is 5.19. The van der Waals surface area contributed by atoms with Gasteiger partial charge in [-0.15, -0.1) is 0 Å². The summed E-state index contributed by atoms with van der Waals surface area (Å²) >= 11 is 0. The Balaban J connectivity index is 1.87. The number of carbonyl (C=O) groups is 1. The van der Waals surface area contributed by atoms with Gasteiger partial charge in [0.15, 0.2) is 0 Å². The number of piperidine rings is 2. The fourth-order valence-electron chi connectivity index (χ4n) is 4.19. The van der Waals surface area contributed by atoms with Gasteiger partial charge in [0.05, 0.1) is 6.61 Å². The predicted molar refractivity (Wildman–Crippen MR) is 82.9 cm³/mol. The number of hydrogen-bond donors (Lipinski definition) is 0. The zero-order chi connectivity index (χ0) is 14.8. The van der Waals surface area contributed by atoms with Crippen LogP contribution in [-0.4, -0.2) is 29.6 Å². The van der Waals surface area contributed by atoms with E-state index in [1.54, 1.807) is 0 Å². The second-order valence-corrected chi connectivity index (χ2v) is 6.30. The normalized spacial score (nSPS) is 30.1. The van der Waals surface area contributed by atoms with Gasteiger partial charge in [-0.1, -0.05) is 30.3 Å². The molecule has 1 aromatic carbocycles. The fraction of sp³-hybridized carbons (Fsp3) is 0.611. The van der Waals surface area contributed by atoms with Crippen molar-refractivity contribution in [1.82, 2.24) is 4.90 Å². The number of fused-ring (bicyclic) bond motifs is 3. The quantitative estimate of drug-likeness (QED) is 0.793. The van der Waals surface area contributed by atoms with Crippen molar-refractivity contribution in [2.45, 2.75) is 57.7 Å². The lowest BCUT2D eigenvalue weighted by Crippen LogP contribution is -2.59. The third-order valence-electron chi connectivity index (χ3n) is 5.19. The van der Waals surface area contributed by atoms with Gasteiger partial charge in [0.25, 0.3) is 0 Å². The second-order valence-electron chi connectivity index (χ2n) is 6.30. The van der Waals surface area contributed by atoms with Crippen LogP contribution in [-0.2, 0) is 9.53 Å². The number of esters is 1. The molecule has 1 aromatic rings. The highest BCUT2D eigenvalue weighted by atomic mass is 16.5. The van der Waals surface area contributed by atoms with Crippen LogP contribution in [0.5, 0.6) is 0 Å². The van der Waals surface area contributed by atoms with Crippen LogP contribution in [0.3, 0.4) is 0 Å². The Morgan fingerprint density at radius 2 is 1.90 bits per heavy atom. The first-order valence-corrected chi connectivity index (χ1v) is 8.21. The van der Waals surface area contributed by atoms with Crippen LogP contribution in [0.15, 0.2) is 30.3 Å². The van der Waals surface area contributed by atoms with E-state index in [4.69, 9.17) is 4.74 Å². The van der Waals surface area contributed by atoms with E-state index >= 15 is 0 Å². The predicted octanol–water partition coefficient (Wildman–Crippen LogP) is 3.55. The lowest BCUT2D eigenvalue weighted by Gasteiger charge is -2.52. The van der Waals surface area contributed by atoms with Crippen molar-refractivity contribution in [3.05, 3.63) is 35.9 Å². The Morgan fingerprint density at radius 3 is 2.52 bits per heavy atom. The monoisotopic (exact) mass is 287 g/mol. The summed E-state index contributed by atoms with van der Waals surface area (Å²) in [6.07, 6.45) is 4.79. The summed E-state index contributed by atoms with van der Waals surface area (Å²) in [7, 11) is 0. The molecule has 21 heavy (non-hydrogen) atoms. The van der Waals surface area contributed by atoms with Crippen molar-refractivity contribution in [3.8, 4) is 0 Å². The van der Waals surface area contributed by atoms with Crippen LogP contribution in [0.4, 0.5) is 0 Å². The van der Waals surface area contributed by atoms with Gasteiger partial charge in [0.2, 0.25) is 0 Å². The molecular weight excluding hydrogens is 262 g/mol. The molecule has 2 saturated heterocycles. The molecule has 0 aromatic heterocycles. The van der Waals surface area contributed by atoms with Crippen molar-refractivity contribution in [2.24, 2.45) is 5.92 Å². The topological polar surface area (TPSA) is 29.5 Å². The maximum atomic E-state index is 12.5.